The molecule has 0 saturated carbocycles. The van der Waals surface area contributed by atoms with Crippen molar-refractivity contribution in [3.63, 3.8) is 0 Å². The summed E-state index contributed by atoms with van der Waals surface area (Å²) in [5.74, 6) is -2.09. The van der Waals surface area contributed by atoms with Gasteiger partial charge in [0, 0.05) is 20.2 Å². The number of ether oxygens (including phenoxy) is 1. The molecule has 0 saturated heterocycles. The van der Waals surface area contributed by atoms with Gasteiger partial charge in [0.25, 0.3) is 11.5 Å². The second-order valence-corrected chi connectivity index (χ2v) is 8.04. The van der Waals surface area contributed by atoms with Crippen LogP contribution in [0.1, 0.15) is 10.4 Å². The van der Waals surface area contributed by atoms with Crippen molar-refractivity contribution in [1.29, 1.82) is 0 Å². The summed E-state index contributed by atoms with van der Waals surface area (Å²) in [7, 11) is -1.64. The van der Waals surface area contributed by atoms with E-state index < -0.39 is 44.7 Å². The maximum atomic E-state index is 12.2. The average Bonchev–Trinajstić information content (AvgIpc) is 2.61. The molecule has 1 amide bonds. The Labute approximate surface area is 173 Å². The number of amides is 1. The summed E-state index contributed by atoms with van der Waals surface area (Å²) in [5.41, 5.74) is -1.70. The summed E-state index contributed by atoms with van der Waals surface area (Å²) in [6.45, 7) is -0.814. The maximum Gasteiger partial charge on any atom is 0.340 e. The topological polar surface area (TPSA) is 160 Å². The molecule has 0 fully saturated rings. The molecule has 14 heteroatoms. The Morgan fingerprint density at radius 1 is 1.10 bits per heavy atom. The van der Waals surface area contributed by atoms with Crippen LogP contribution in [0, 0.1) is 0 Å². The van der Waals surface area contributed by atoms with E-state index in [-0.39, 0.29) is 21.4 Å². The maximum absolute atomic E-state index is 12.2. The standard InChI is InChI=1S/C15H14Cl2N4O7S/c1-20-11(5-13(23)21(2)15(20)25)19-12(22)6-28-14(24)7-3-10(29(18,26)27)9(17)4-8(7)16/h3-5H,6H2,1-2H3,(H,19,22)(H2,18,26,27). The van der Waals surface area contributed by atoms with Crippen molar-refractivity contribution < 1.29 is 22.7 Å². The predicted octanol–water partition coefficient (Wildman–Crippen LogP) is -0.166. The number of benzene rings is 1. The van der Waals surface area contributed by atoms with Gasteiger partial charge in [0.15, 0.2) is 6.61 Å². The summed E-state index contributed by atoms with van der Waals surface area (Å²) in [6.07, 6.45) is 0. The number of sulfonamides is 1. The van der Waals surface area contributed by atoms with Crippen LogP contribution in [0.25, 0.3) is 0 Å². The van der Waals surface area contributed by atoms with Gasteiger partial charge in [0.05, 0.1) is 15.6 Å². The molecular weight excluding hydrogens is 451 g/mol. The molecular formula is C15H14Cl2N4O7S. The summed E-state index contributed by atoms with van der Waals surface area (Å²) >= 11 is 11.6. The van der Waals surface area contributed by atoms with E-state index in [1.807, 2.05) is 0 Å². The Hall–Kier alpha value is -2.67. The van der Waals surface area contributed by atoms with Crippen LogP contribution in [-0.2, 0) is 33.7 Å². The van der Waals surface area contributed by atoms with Crippen molar-refractivity contribution in [1.82, 2.24) is 9.13 Å². The lowest BCUT2D eigenvalue weighted by Crippen LogP contribution is -2.38. The van der Waals surface area contributed by atoms with E-state index in [9.17, 15) is 27.6 Å². The number of rotatable bonds is 5. The second kappa shape index (κ2) is 8.37. The molecule has 2 aromatic rings. The highest BCUT2D eigenvalue weighted by Crippen LogP contribution is 2.28. The highest BCUT2D eigenvalue weighted by atomic mass is 35.5. The third-order valence-electron chi connectivity index (χ3n) is 3.68. The molecule has 0 aliphatic heterocycles. The van der Waals surface area contributed by atoms with E-state index in [0.29, 0.717) is 0 Å². The third kappa shape index (κ3) is 5.03. The highest BCUT2D eigenvalue weighted by molar-refractivity contribution is 7.89. The number of carbonyl (C=O) groups is 2. The first-order chi connectivity index (χ1) is 13.3. The Bertz CT molecular complexity index is 1230. The number of carbonyl (C=O) groups excluding carboxylic acids is 2. The Balaban J connectivity index is 2.17. The van der Waals surface area contributed by atoms with Crippen molar-refractivity contribution in [2.24, 2.45) is 19.2 Å². The SMILES string of the molecule is Cn1c(NC(=O)COC(=O)c2cc(S(N)(=O)=O)c(Cl)cc2Cl)cc(=O)n(C)c1=O. The summed E-state index contributed by atoms with van der Waals surface area (Å²) in [5, 5.41) is 6.74. The number of esters is 1. The van der Waals surface area contributed by atoms with Crippen LogP contribution >= 0.6 is 23.2 Å². The van der Waals surface area contributed by atoms with Gasteiger partial charge in [0.2, 0.25) is 10.0 Å². The minimum atomic E-state index is -4.24. The number of nitrogens with two attached hydrogens (primary N) is 1. The van der Waals surface area contributed by atoms with Crippen LogP contribution < -0.4 is 21.7 Å². The lowest BCUT2D eigenvalue weighted by Gasteiger charge is -2.11. The zero-order valence-corrected chi connectivity index (χ0v) is 17.3. The summed E-state index contributed by atoms with van der Waals surface area (Å²) in [4.78, 5) is 47.1. The second-order valence-electron chi connectivity index (χ2n) is 5.70. The summed E-state index contributed by atoms with van der Waals surface area (Å²) in [6, 6.07) is 2.83. The molecule has 1 aromatic heterocycles. The minimum Gasteiger partial charge on any atom is -0.452 e. The molecule has 1 heterocycles. The zero-order chi connectivity index (χ0) is 22.1. The fourth-order valence-corrected chi connectivity index (χ4v) is 3.54. The first-order valence-electron chi connectivity index (χ1n) is 7.58. The third-order valence-corrected chi connectivity index (χ3v) is 5.36. The number of hydrogen-bond donors (Lipinski definition) is 2. The molecule has 2 rings (SSSR count). The van der Waals surface area contributed by atoms with Gasteiger partial charge < -0.3 is 10.1 Å². The van der Waals surface area contributed by atoms with Crippen molar-refractivity contribution in [2.75, 3.05) is 11.9 Å². The minimum absolute atomic E-state index is 0.111. The van der Waals surface area contributed by atoms with Gasteiger partial charge in [-0.05, 0) is 12.1 Å². The molecule has 1 aromatic carbocycles. The van der Waals surface area contributed by atoms with Gasteiger partial charge in [-0.15, -0.1) is 0 Å². The average molecular weight is 465 g/mol. The van der Waals surface area contributed by atoms with Crippen LogP contribution in [-0.4, -0.2) is 36.0 Å². The van der Waals surface area contributed by atoms with Gasteiger partial charge in [-0.3, -0.25) is 18.7 Å². The number of aromatic nitrogens is 2. The number of halogens is 2. The highest BCUT2D eigenvalue weighted by Gasteiger charge is 2.21. The molecule has 0 unspecified atom stereocenters. The van der Waals surface area contributed by atoms with Crippen molar-refractivity contribution in [3.05, 3.63) is 54.6 Å². The van der Waals surface area contributed by atoms with Crippen LogP contribution in [0.3, 0.4) is 0 Å². The Morgan fingerprint density at radius 2 is 1.72 bits per heavy atom. The van der Waals surface area contributed by atoms with E-state index in [1.54, 1.807) is 0 Å². The van der Waals surface area contributed by atoms with Crippen molar-refractivity contribution in [2.45, 2.75) is 4.90 Å². The van der Waals surface area contributed by atoms with Gasteiger partial charge in [-0.25, -0.2) is 23.1 Å². The van der Waals surface area contributed by atoms with Crippen LogP contribution in [0.2, 0.25) is 10.0 Å². The normalized spacial score (nSPS) is 11.2. The monoisotopic (exact) mass is 464 g/mol. The van der Waals surface area contributed by atoms with Crippen molar-refractivity contribution >= 4 is 50.9 Å². The fraction of sp³-hybridized carbons (Fsp3) is 0.200. The lowest BCUT2D eigenvalue weighted by atomic mass is 10.2. The van der Waals surface area contributed by atoms with Gasteiger partial charge in [0.1, 0.15) is 10.7 Å². The molecule has 0 spiro atoms. The first-order valence-corrected chi connectivity index (χ1v) is 9.89. The lowest BCUT2D eigenvalue weighted by molar-refractivity contribution is -0.119. The Morgan fingerprint density at radius 3 is 2.31 bits per heavy atom. The smallest absolute Gasteiger partial charge is 0.340 e. The van der Waals surface area contributed by atoms with Crippen LogP contribution in [0.5, 0.6) is 0 Å². The molecule has 0 aliphatic rings. The molecule has 3 N–H and O–H groups in total. The largest absolute Gasteiger partial charge is 0.452 e. The van der Waals surface area contributed by atoms with Crippen molar-refractivity contribution in [3.8, 4) is 0 Å². The number of hydrogen-bond acceptors (Lipinski definition) is 7. The number of nitrogens with one attached hydrogen (secondary N) is 1. The predicted molar refractivity (Wildman–Crippen MR) is 104 cm³/mol. The summed E-state index contributed by atoms with van der Waals surface area (Å²) < 4.78 is 29.6. The Kier molecular flexibility index (Phi) is 6.53. The first kappa shape index (κ1) is 22.6. The number of anilines is 1. The molecule has 0 bridgehead atoms. The van der Waals surface area contributed by atoms with Gasteiger partial charge in [-0.1, -0.05) is 23.2 Å². The van der Waals surface area contributed by atoms with E-state index in [2.05, 4.69) is 5.32 Å². The number of nitrogens with zero attached hydrogens (tertiary/aromatic N) is 2. The quantitative estimate of drug-likeness (QED) is 0.580. The number of primary sulfonamides is 1. The van der Waals surface area contributed by atoms with E-state index in [1.165, 1.54) is 14.1 Å². The van der Waals surface area contributed by atoms with Gasteiger partial charge in [-0.2, -0.15) is 0 Å². The van der Waals surface area contributed by atoms with E-state index >= 15 is 0 Å². The van der Waals surface area contributed by atoms with Crippen LogP contribution in [0.4, 0.5) is 5.82 Å². The fourth-order valence-electron chi connectivity index (χ4n) is 2.14. The van der Waals surface area contributed by atoms with Crippen LogP contribution in [0.15, 0.2) is 32.7 Å². The molecule has 29 heavy (non-hydrogen) atoms. The van der Waals surface area contributed by atoms with Gasteiger partial charge >= 0.3 is 11.7 Å². The molecule has 0 atom stereocenters. The molecule has 0 radical (unpaired) electrons. The molecule has 156 valence electrons. The molecule has 0 aliphatic carbocycles. The van der Waals surface area contributed by atoms with E-state index in [4.69, 9.17) is 33.1 Å². The van der Waals surface area contributed by atoms with E-state index in [0.717, 1.165) is 27.3 Å². The molecule has 11 nitrogen and oxygen atoms in total. The zero-order valence-electron chi connectivity index (χ0n) is 14.9.